The average molecular weight is 519 g/mol. The number of aromatic amines is 1. The number of hydrogen-bond donors (Lipinski definition) is 4. The zero-order chi connectivity index (χ0) is 26.5. The Bertz CT molecular complexity index is 1600. The van der Waals surface area contributed by atoms with Crippen molar-refractivity contribution in [1.29, 1.82) is 0 Å². The monoisotopic (exact) mass is 518 g/mol. The molecule has 2 aromatic heterocycles. The molecular weight excluding hydrogens is 488 g/mol. The summed E-state index contributed by atoms with van der Waals surface area (Å²) < 4.78 is 22.1. The van der Waals surface area contributed by atoms with E-state index in [1.54, 1.807) is 10.9 Å². The summed E-state index contributed by atoms with van der Waals surface area (Å²) in [4.78, 5) is 28.7. The molecule has 1 aliphatic heterocycles. The lowest BCUT2D eigenvalue weighted by atomic mass is 9.92. The maximum Gasteiger partial charge on any atom is 0.253 e. The van der Waals surface area contributed by atoms with Gasteiger partial charge in [-0.1, -0.05) is 12.1 Å². The molecule has 0 atom stereocenters. The van der Waals surface area contributed by atoms with E-state index < -0.39 is 10.6 Å². The standard InChI is InChI=1S/C28H30N4O4S/c1-16-9-17(2)31-28(34)25(16)13-29-27(33)24-12-21(11-23(18(24)3)26-7-8-30-32(26)4)19-5-6-20-14-37(35,36)15-22(20)10-19/h5-12,35-36H,13-15H2,1-4H3,(H,29,33)(H,31,34). The minimum atomic E-state index is -2.63. The molecule has 37 heavy (non-hydrogen) atoms. The number of aryl methyl sites for hydroxylation is 3. The van der Waals surface area contributed by atoms with Crippen LogP contribution in [0.15, 0.2) is 53.5 Å². The molecule has 8 nitrogen and oxygen atoms in total. The predicted octanol–water partition coefficient (Wildman–Crippen LogP) is 5.06. The van der Waals surface area contributed by atoms with Crippen LogP contribution in [0.25, 0.3) is 22.4 Å². The van der Waals surface area contributed by atoms with Crippen LogP contribution in [0.1, 0.15) is 43.9 Å². The van der Waals surface area contributed by atoms with Gasteiger partial charge in [-0.2, -0.15) is 15.7 Å². The highest BCUT2D eigenvalue weighted by molar-refractivity contribution is 8.23. The van der Waals surface area contributed by atoms with Gasteiger partial charge in [0.25, 0.3) is 11.5 Å². The molecule has 0 spiro atoms. The summed E-state index contributed by atoms with van der Waals surface area (Å²) in [6.45, 7) is 5.71. The number of nitrogens with zero attached hydrogens (tertiary/aromatic N) is 2. The van der Waals surface area contributed by atoms with Crippen molar-refractivity contribution in [2.45, 2.75) is 38.8 Å². The smallest absolute Gasteiger partial charge is 0.253 e. The number of aromatic nitrogens is 3. The molecule has 2 aromatic carbocycles. The number of nitrogens with one attached hydrogen (secondary N) is 2. The van der Waals surface area contributed by atoms with Crippen LogP contribution in [0.3, 0.4) is 0 Å². The second-order valence-electron chi connectivity index (χ2n) is 9.74. The van der Waals surface area contributed by atoms with E-state index in [9.17, 15) is 18.7 Å². The van der Waals surface area contributed by atoms with Crippen molar-refractivity contribution in [3.05, 3.63) is 98.1 Å². The molecule has 0 fully saturated rings. The minimum Gasteiger partial charge on any atom is -0.348 e. The van der Waals surface area contributed by atoms with Crippen LogP contribution in [0, 0.1) is 20.8 Å². The minimum absolute atomic E-state index is 0.113. The van der Waals surface area contributed by atoms with Crippen molar-refractivity contribution < 1.29 is 13.9 Å². The molecule has 0 radical (unpaired) electrons. The lowest BCUT2D eigenvalue weighted by molar-refractivity contribution is 0.0950. The summed E-state index contributed by atoms with van der Waals surface area (Å²) in [5, 5.41) is 7.23. The lowest BCUT2D eigenvalue weighted by Crippen LogP contribution is -2.28. The molecule has 1 aliphatic rings. The third-order valence-corrected chi connectivity index (χ3v) is 8.53. The fourth-order valence-electron chi connectivity index (χ4n) is 5.02. The normalized spacial score (nSPS) is 14.9. The second kappa shape index (κ2) is 9.33. The number of H-pyrrole nitrogens is 1. The van der Waals surface area contributed by atoms with Crippen LogP contribution in [0.2, 0.25) is 0 Å². The van der Waals surface area contributed by atoms with Crippen molar-refractivity contribution in [2.24, 2.45) is 7.05 Å². The van der Waals surface area contributed by atoms with Gasteiger partial charge in [0.2, 0.25) is 0 Å². The molecular formula is C28H30N4O4S. The third kappa shape index (κ3) is 4.85. The van der Waals surface area contributed by atoms with Crippen LogP contribution in [0.5, 0.6) is 0 Å². The van der Waals surface area contributed by atoms with Crippen molar-refractivity contribution >= 4 is 16.5 Å². The van der Waals surface area contributed by atoms with Crippen LogP contribution in [-0.4, -0.2) is 29.8 Å². The summed E-state index contributed by atoms with van der Waals surface area (Å²) >= 11 is 0. The van der Waals surface area contributed by atoms with Gasteiger partial charge in [-0.3, -0.25) is 23.4 Å². The number of carbonyl (C=O) groups is 1. The van der Waals surface area contributed by atoms with Crippen molar-refractivity contribution in [3.63, 3.8) is 0 Å². The summed E-state index contributed by atoms with van der Waals surface area (Å²) in [6.07, 6.45) is 1.72. The second-order valence-corrected chi connectivity index (χ2v) is 11.9. The summed E-state index contributed by atoms with van der Waals surface area (Å²) in [6, 6.07) is 13.5. The van der Waals surface area contributed by atoms with Gasteiger partial charge in [0.05, 0.1) is 17.2 Å². The first-order chi connectivity index (χ1) is 17.5. The zero-order valence-electron chi connectivity index (χ0n) is 21.3. The van der Waals surface area contributed by atoms with Gasteiger partial charge in [0.1, 0.15) is 0 Å². The van der Waals surface area contributed by atoms with Gasteiger partial charge < -0.3 is 10.3 Å². The largest absolute Gasteiger partial charge is 0.348 e. The molecule has 9 heteroatoms. The lowest BCUT2D eigenvalue weighted by Gasteiger charge is -2.25. The molecule has 0 saturated heterocycles. The van der Waals surface area contributed by atoms with Crippen LogP contribution in [-0.2, 0) is 25.1 Å². The third-order valence-electron chi connectivity index (χ3n) is 6.98. The summed E-state index contributed by atoms with van der Waals surface area (Å²) in [7, 11) is -0.774. The Kier molecular flexibility index (Phi) is 6.31. The number of rotatable bonds is 5. The van der Waals surface area contributed by atoms with E-state index in [1.165, 1.54) is 0 Å². The molecule has 0 unspecified atom stereocenters. The number of pyridine rings is 1. The molecule has 192 valence electrons. The van der Waals surface area contributed by atoms with Gasteiger partial charge in [-0.25, -0.2) is 0 Å². The molecule has 4 N–H and O–H groups in total. The van der Waals surface area contributed by atoms with E-state index in [4.69, 9.17) is 0 Å². The van der Waals surface area contributed by atoms with E-state index in [2.05, 4.69) is 15.4 Å². The molecule has 5 rings (SSSR count). The average Bonchev–Trinajstić information content (AvgIpc) is 3.38. The molecule has 3 heterocycles. The molecule has 0 aliphatic carbocycles. The number of carbonyl (C=O) groups excluding carboxylic acids is 1. The maximum absolute atomic E-state index is 13.5. The number of benzene rings is 2. The highest BCUT2D eigenvalue weighted by Gasteiger charge is 2.26. The summed E-state index contributed by atoms with van der Waals surface area (Å²) in [5.41, 5.74) is 8.55. The van der Waals surface area contributed by atoms with E-state index in [-0.39, 0.29) is 29.5 Å². The van der Waals surface area contributed by atoms with E-state index in [1.807, 2.05) is 70.3 Å². The number of amides is 1. The number of hydrogen-bond acceptors (Lipinski definition) is 5. The van der Waals surface area contributed by atoms with Gasteiger partial charge >= 0.3 is 0 Å². The van der Waals surface area contributed by atoms with Crippen LogP contribution in [0.4, 0.5) is 0 Å². The maximum atomic E-state index is 13.5. The molecule has 4 aromatic rings. The Morgan fingerprint density at radius 2 is 1.81 bits per heavy atom. The Morgan fingerprint density at radius 1 is 1.05 bits per heavy atom. The Hall–Kier alpha value is -3.66. The van der Waals surface area contributed by atoms with Crippen molar-refractivity contribution in [1.82, 2.24) is 20.1 Å². The van der Waals surface area contributed by atoms with Gasteiger partial charge in [0, 0.05) is 42.2 Å². The van der Waals surface area contributed by atoms with E-state index >= 15 is 0 Å². The Labute approximate surface area is 216 Å². The predicted molar refractivity (Wildman–Crippen MR) is 147 cm³/mol. The van der Waals surface area contributed by atoms with Crippen LogP contribution >= 0.6 is 10.6 Å². The molecule has 1 amide bonds. The Morgan fingerprint density at radius 3 is 2.51 bits per heavy atom. The SMILES string of the molecule is Cc1cc(C)c(CNC(=O)c2cc(-c3ccc4c(c3)CS(O)(O)C4)cc(-c3ccnn3C)c2C)c(=O)[nH]1. The summed E-state index contributed by atoms with van der Waals surface area (Å²) in [5.74, 6) is 0.244. The van der Waals surface area contributed by atoms with Crippen LogP contribution < -0.4 is 10.9 Å². The molecule has 0 bridgehead atoms. The fraction of sp³-hybridized carbons (Fsp3) is 0.250. The van der Waals surface area contributed by atoms with E-state index in [0.29, 0.717) is 11.1 Å². The first-order valence-electron chi connectivity index (χ1n) is 12.0. The highest BCUT2D eigenvalue weighted by atomic mass is 32.3. The topological polar surface area (TPSA) is 120 Å². The number of fused-ring (bicyclic) bond motifs is 1. The van der Waals surface area contributed by atoms with Crippen molar-refractivity contribution in [2.75, 3.05) is 0 Å². The van der Waals surface area contributed by atoms with E-state index in [0.717, 1.165) is 50.3 Å². The Balaban J connectivity index is 1.56. The zero-order valence-corrected chi connectivity index (χ0v) is 22.1. The fourth-order valence-corrected chi connectivity index (χ4v) is 6.66. The van der Waals surface area contributed by atoms with Gasteiger partial charge in [-0.15, -0.1) is 0 Å². The van der Waals surface area contributed by atoms with Gasteiger partial charge in [-0.05, 0) is 84.5 Å². The first-order valence-corrected chi connectivity index (χ1v) is 13.9. The van der Waals surface area contributed by atoms with Crippen molar-refractivity contribution in [3.8, 4) is 22.4 Å². The highest BCUT2D eigenvalue weighted by Crippen LogP contribution is 2.53. The van der Waals surface area contributed by atoms with Gasteiger partial charge in [0.15, 0.2) is 0 Å². The quantitative estimate of drug-likeness (QED) is 0.294. The first kappa shape index (κ1) is 25.0. The molecule has 0 saturated carbocycles.